The second-order valence-electron chi connectivity index (χ2n) is 8.55. The summed E-state index contributed by atoms with van der Waals surface area (Å²) in [7, 11) is 0. The van der Waals surface area contributed by atoms with Crippen LogP contribution < -0.4 is 4.74 Å². The van der Waals surface area contributed by atoms with Gasteiger partial charge in [-0.3, -0.25) is 9.59 Å². The highest BCUT2D eigenvalue weighted by molar-refractivity contribution is 6.00. The van der Waals surface area contributed by atoms with Crippen molar-refractivity contribution in [1.82, 2.24) is 4.90 Å². The van der Waals surface area contributed by atoms with Crippen LogP contribution in [0.1, 0.15) is 49.4 Å². The van der Waals surface area contributed by atoms with Gasteiger partial charge in [0.05, 0.1) is 12.0 Å². The molecule has 4 nitrogen and oxygen atoms in total. The van der Waals surface area contributed by atoms with Gasteiger partial charge in [0, 0.05) is 24.9 Å². The maximum Gasteiger partial charge on any atom is 0.226 e. The number of benzene rings is 1. The van der Waals surface area contributed by atoms with Crippen LogP contribution in [-0.4, -0.2) is 35.3 Å². The van der Waals surface area contributed by atoms with Crippen LogP contribution in [0.25, 0.3) is 0 Å². The molecule has 2 heterocycles. The normalized spacial score (nSPS) is 38.9. The van der Waals surface area contributed by atoms with E-state index in [-0.39, 0.29) is 17.6 Å². The third kappa shape index (κ3) is 2.26. The molecule has 1 amide bonds. The minimum Gasteiger partial charge on any atom is -0.486 e. The molecule has 5 rings (SSSR count). The first kappa shape index (κ1) is 15.4. The van der Waals surface area contributed by atoms with Gasteiger partial charge >= 0.3 is 0 Å². The van der Waals surface area contributed by atoms with Crippen molar-refractivity contribution < 1.29 is 14.3 Å². The molecule has 2 aliphatic carbocycles. The van der Waals surface area contributed by atoms with Crippen molar-refractivity contribution in [2.75, 3.05) is 13.1 Å². The summed E-state index contributed by atoms with van der Waals surface area (Å²) in [5.41, 5.74) is 0.266. The Morgan fingerprint density at radius 1 is 1.28 bits per heavy atom. The number of carbonyl (C=O) groups excluding carboxylic acids is 2. The van der Waals surface area contributed by atoms with E-state index in [4.69, 9.17) is 4.74 Å². The van der Waals surface area contributed by atoms with Crippen LogP contribution in [0.5, 0.6) is 5.75 Å². The number of nitrogens with zero attached hydrogens (tertiary/aromatic N) is 1. The molecule has 1 aromatic rings. The van der Waals surface area contributed by atoms with E-state index in [1.807, 2.05) is 24.3 Å². The molecular weight excluding hydrogens is 314 g/mol. The Morgan fingerprint density at radius 2 is 2.12 bits per heavy atom. The number of rotatable bonds is 1. The maximum absolute atomic E-state index is 13.1. The number of Topliss-reactive ketones (excluding diaryl/α,β-unsaturated/α-hetero) is 1. The summed E-state index contributed by atoms with van der Waals surface area (Å²) in [5.74, 6) is 2.53. The first-order valence-electron chi connectivity index (χ1n) is 9.69. The van der Waals surface area contributed by atoms with Gasteiger partial charge in [0.15, 0.2) is 5.78 Å². The van der Waals surface area contributed by atoms with E-state index in [0.29, 0.717) is 35.5 Å². The van der Waals surface area contributed by atoms with Crippen molar-refractivity contribution in [2.24, 2.45) is 23.7 Å². The van der Waals surface area contributed by atoms with Crippen molar-refractivity contribution in [3.63, 3.8) is 0 Å². The van der Waals surface area contributed by atoms with Gasteiger partial charge in [-0.2, -0.15) is 0 Å². The quantitative estimate of drug-likeness (QED) is 0.789. The summed E-state index contributed by atoms with van der Waals surface area (Å²) < 4.78 is 6.40. The van der Waals surface area contributed by atoms with Crippen LogP contribution in [0.3, 0.4) is 0 Å². The summed E-state index contributed by atoms with van der Waals surface area (Å²) >= 11 is 0. The summed E-state index contributed by atoms with van der Waals surface area (Å²) in [5, 5.41) is 0. The van der Waals surface area contributed by atoms with E-state index in [1.165, 1.54) is 6.42 Å². The second-order valence-corrected chi connectivity index (χ2v) is 8.55. The lowest BCUT2D eigenvalue weighted by molar-refractivity contribution is -0.136. The Hall–Kier alpha value is -1.84. The monoisotopic (exact) mass is 339 g/mol. The van der Waals surface area contributed by atoms with Crippen LogP contribution >= 0.6 is 0 Å². The average molecular weight is 339 g/mol. The summed E-state index contributed by atoms with van der Waals surface area (Å²) in [4.78, 5) is 27.8. The Kier molecular flexibility index (Phi) is 3.28. The Morgan fingerprint density at radius 3 is 2.96 bits per heavy atom. The number of para-hydroxylation sites is 1. The minimum absolute atomic E-state index is 0.0807. The smallest absolute Gasteiger partial charge is 0.226 e. The van der Waals surface area contributed by atoms with Crippen LogP contribution in [0.15, 0.2) is 24.3 Å². The molecule has 4 aliphatic rings. The third-order valence-corrected chi connectivity index (χ3v) is 6.89. The van der Waals surface area contributed by atoms with E-state index < -0.39 is 5.60 Å². The lowest BCUT2D eigenvalue weighted by atomic mass is 9.84. The molecule has 1 aromatic carbocycles. The fourth-order valence-electron chi connectivity index (χ4n) is 5.70. The van der Waals surface area contributed by atoms with Gasteiger partial charge in [0.25, 0.3) is 0 Å². The molecule has 0 N–H and O–H groups in total. The van der Waals surface area contributed by atoms with Crippen LogP contribution in [0, 0.1) is 23.7 Å². The van der Waals surface area contributed by atoms with Gasteiger partial charge < -0.3 is 9.64 Å². The van der Waals surface area contributed by atoms with Gasteiger partial charge in [0.1, 0.15) is 11.4 Å². The molecule has 132 valence electrons. The average Bonchev–Trinajstić information content (AvgIpc) is 3.25. The molecule has 5 atom stereocenters. The van der Waals surface area contributed by atoms with Crippen LogP contribution in [0.4, 0.5) is 0 Å². The molecule has 0 radical (unpaired) electrons. The molecule has 1 saturated heterocycles. The number of piperidine rings is 1. The maximum atomic E-state index is 13.1. The number of hydrogen-bond acceptors (Lipinski definition) is 3. The SMILES string of the molecule is C[C@@H]1CCCN(C(=O)[C@@H]2[C@@H]3CC[C@@]4(CC(=O)c5ccccc5O4)[C@H]32)C1. The highest BCUT2D eigenvalue weighted by Gasteiger charge is 2.71. The van der Waals surface area contributed by atoms with Crippen molar-refractivity contribution in [1.29, 1.82) is 0 Å². The molecule has 4 heteroatoms. The number of ketones is 1. The zero-order valence-corrected chi connectivity index (χ0v) is 14.7. The Bertz CT molecular complexity index is 744. The first-order chi connectivity index (χ1) is 12.1. The largest absolute Gasteiger partial charge is 0.486 e. The zero-order valence-electron chi connectivity index (χ0n) is 14.7. The van der Waals surface area contributed by atoms with E-state index in [2.05, 4.69) is 11.8 Å². The van der Waals surface area contributed by atoms with Gasteiger partial charge in [-0.25, -0.2) is 0 Å². The number of fused-ring (bicyclic) bond motifs is 3. The van der Waals surface area contributed by atoms with Crippen LogP contribution in [0.2, 0.25) is 0 Å². The standard InChI is InChI=1S/C21H25NO3/c1-13-5-4-10-22(12-13)20(24)18-15-8-9-21(19(15)18)11-16(23)14-6-2-3-7-17(14)25-21/h2-3,6-7,13,15,18-19H,4-5,8-12H2,1H3/t13-,15+,18-,19-,21-/m1/s1. The molecule has 2 saturated carbocycles. The number of carbonyl (C=O) groups is 2. The third-order valence-electron chi connectivity index (χ3n) is 6.89. The lowest BCUT2D eigenvalue weighted by Gasteiger charge is -2.38. The zero-order chi connectivity index (χ0) is 17.2. The Balaban J connectivity index is 1.38. The molecule has 0 unspecified atom stereocenters. The van der Waals surface area contributed by atoms with Crippen LogP contribution in [-0.2, 0) is 4.79 Å². The van der Waals surface area contributed by atoms with Crippen molar-refractivity contribution in [3.8, 4) is 5.75 Å². The van der Waals surface area contributed by atoms with Gasteiger partial charge in [-0.1, -0.05) is 19.1 Å². The van der Waals surface area contributed by atoms with E-state index in [1.54, 1.807) is 0 Å². The summed E-state index contributed by atoms with van der Waals surface area (Å²) in [6.45, 7) is 4.02. The molecule has 2 aliphatic heterocycles. The van der Waals surface area contributed by atoms with Gasteiger partial charge in [-0.05, 0) is 49.7 Å². The highest BCUT2D eigenvalue weighted by Crippen LogP contribution is 2.66. The first-order valence-corrected chi connectivity index (χ1v) is 9.69. The summed E-state index contributed by atoms with van der Waals surface area (Å²) in [6.07, 6.45) is 4.69. The van der Waals surface area contributed by atoms with Crippen molar-refractivity contribution in [3.05, 3.63) is 29.8 Å². The molecule has 25 heavy (non-hydrogen) atoms. The van der Waals surface area contributed by atoms with Crippen molar-refractivity contribution >= 4 is 11.7 Å². The summed E-state index contributed by atoms with van der Waals surface area (Å²) in [6, 6.07) is 7.55. The minimum atomic E-state index is -0.433. The molecule has 1 spiro atoms. The number of likely N-dealkylation sites (tertiary alicyclic amines) is 1. The number of amides is 1. The van der Waals surface area contributed by atoms with Gasteiger partial charge in [0.2, 0.25) is 5.91 Å². The highest BCUT2D eigenvalue weighted by atomic mass is 16.5. The topological polar surface area (TPSA) is 46.6 Å². The number of ether oxygens (including phenoxy) is 1. The molecule has 0 bridgehead atoms. The Labute approximate surface area is 148 Å². The fraction of sp³-hybridized carbons (Fsp3) is 0.619. The van der Waals surface area contributed by atoms with Gasteiger partial charge in [-0.15, -0.1) is 0 Å². The predicted molar refractivity (Wildman–Crippen MR) is 93.4 cm³/mol. The van der Waals surface area contributed by atoms with E-state index in [0.717, 1.165) is 32.4 Å². The van der Waals surface area contributed by atoms with Crippen molar-refractivity contribution in [2.45, 2.75) is 44.6 Å². The fourth-order valence-corrected chi connectivity index (χ4v) is 5.70. The lowest BCUT2D eigenvalue weighted by Crippen LogP contribution is -2.46. The molecule has 0 aromatic heterocycles. The second kappa shape index (κ2) is 5.33. The van der Waals surface area contributed by atoms with E-state index >= 15 is 0 Å². The molecular formula is C21H25NO3. The van der Waals surface area contributed by atoms with E-state index in [9.17, 15) is 9.59 Å². The predicted octanol–water partition coefficient (Wildman–Crippen LogP) is 3.31. The molecule has 3 fully saturated rings. The number of hydrogen-bond donors (Lipinski definition) is 0.